The molecule has 0 aromatic heterocycles. The van der Waals surface area contributed by atoms with Crippen molar-refractivity contribution in [3.63, 3.8) is 0 Å². The fourth-order valence-corrected chi connectivity index (χ4v) is 3.17. The number of hydrogen-bond acceptors (Lipinski definition) is 3. The summed E-state index contributed by atoms with van der Waals surface area (Å²) < 4.78 is 11.4. The summed E-state index contributed by atoms with van der Waals surface area (Å²) in [7, 11) is 0. The van der Waals surface area contributed by atoms with E-state index in [0.717, 1.165) is 29.5 Å². The van der Waals surface area contributed by atoms with Crippen molar-refractivity contribution >= 4 is 11.6 Å². The van der Waals surface area contributed by atoms with Gasteiger partial charge in [-0.1, -0.05) is 23.7 Å². The molecule has 0 saturated heterocycles. The van der Waals surface area contributed by atoms with Crippen molar-refractivity contribution in [1.29, 1.82) is 0 Å². The largest absolute Gasteiger partial charge is 0.486 e. The molecule has 0 radical (unpaired) electrons. The average molecular weight is 302 g/mol. The second-order valence-electron chi connectivity index (χ2n) is 5.38. The van der Waals surface area contributed by atoms with E-state index in [1.165, 1.54) is 16.7 Å². The summed E-state index contributed by atoms with van der Waals surface area (Å²) in [5.74, 6) is 1.72. The minimum Gasteiger partial charge on any atom is -0.486 e. The quantitative estimate of drug-likeness (QED) is 0.876. The van der Waals surface area contributed by atoms with E-state index in [0.29, 0.717) is 13.2 Å². The molecule has 108 valence electrons. The fraction of sp³-hybridized carbons (Fsp3) is 0.294. The number of ether oxygens (including phenoxy) is 2. The van der Waals surface area contributed by atoms with Crippen LogP contribution in [0.2, 0.25) is 5.02 Å². The third-order valence-electron chi connectivity index (χ3n) is 4.06. The standard InChI is InChI=1S/C17H16ClNO2/c18-13-3-1-11(2-4-13)17-14-10-16-15(20-7-8-21-16)9-12(14)5-6-19-17/h1-4,9-10,17,19H,5-8H2. The number of halogens is 1. The van der Waals surface area contributed by atoms with Crippen LogP contribution in [0.1, 0.15) is 22.7 Å². The van der Waals surface area contributed by atoms with Gasteiger partial charge in [0.1, 0.15) is 13.2 Å². The zero-order chi connectivity index (χ0) is 14.2. The molecule has 0 fully saturated rings. The Balaban J connectivity index is 1.78. The molecule has 0 spiro atoms. The highest BCUT2D eigenvalue weighted by molar-refractivity contribution is 6.30. The SMILES string of the molecule is Clc1ccc(C2NCCc3cc4c(cc32)OCCO4)cc1. The van der Waals surface area contributed by atoms with Gasteiger partial charge in [0.15, 0.2) is 11.5 Å². The summed E-state index contributed by atoms with van der Waals surface area (Å²) in [5.41, 5.74) is 3.82. The second-order valence-corrected chi connectivity index (χ2v) is 5.82. The molecule has 21 heavy (non-hydrogen) atoms. The molecule has 4 rings (SSSR count). The summed E-state index contributed by atoms with van der Waals surface area (Å²) >= 11 is 5.99. The highest BCUT2D eigenvalue weighted by Crippen LogP contribution is 2.38. The van der Waals surface area contributed by atoms with Gasteiger partial charge in [0.05, 0.1) is 6.04 Å². The molecule has 1 unspecified atom stereocenters. The van der Waals surface area contributed by atoms with Gasteiger partial charge in [-0.05, 0) is 47.4 Å². The summed E-state index contributed by atoms with van der Waals surface area (Å²) in [6, 6.07) is 12.5. The number of hydrogen-bond donors (Lipinski definition) is 1. The predicted octanol–water partition coefficient (Wildman–Crippen LogP) is 3.35. The number of nitrogens with one attached hydrogen (secondary N) is 1. The smallest absolute Gasteiger partial charge is 0.161 e. The third-order valence-corrected chi connectivity index (χ3v) is 4.31. The van der Waals surface area contributed by atoms with Gasteiger partial charge >= 0.3 is 0 Å². The van der Waals surface area contributed by atoms with Crippen molar-refractivity contribution in [3.05, 3.63) is 58.1 Å². The van der Waals surface area contributed by atoms with Crippen LogP contribution in [0.4, 0.5) is 0 Å². The lowest BCUT2D eigenvalue weighted by Crippen LogP contribution is -2.31. The first-order valence-electron chi connectivity index (χ1n) is 7.22. The van der Waals surface area contributed by atoms with E-state index in [2.05, 4.69) is 29.6 Å². The van der Waals surface area contributed by atoms with Crippen molar-refractivity contribution in [3.8, 4) is 11.5 Å². The van der Waals surface area contributed by atoms with E-state index in [-0.39, 0.29) is 6.04 Å². The highest BCUT2D eigenvalue weighted by atomic mass is 35.5. The Kier molecular flexibility index (Phi) is 3.24. The molecule has 2 aromatic rings. The molecule has 2 aliphatic rings. The van der Waals surface area contributed by atoms with Gasteiger partial charge in [0.25, 0.3) is 0 Å². The Labute approximate surface area is 128 Å². The first-order chi connectivity index (χ1) is 10.3. The van der Waals surface area contributed by atoms with Crippen molar-refractivity contribution in [2.45, 2.75) is 12.5 Å². The van der Waals surface area contributed by atoms with Crippen LogP contribution >= 0.6 is 11.6 Å². The van der Waals surface area contributed by atoms with Crippen LogP contribution in [0.5, 0.6) is 11.5 Å². The Hall–Kier alpha value is -1.71. The van der Waals surface area contributed by atoms with Gasteiger partial charge in [-0.25, -0.2) is 0 Å². The molecule has 0 bridgehead atoms. The minimum absolute atomic E-state index is 0.182. The van der Waals surface area contributed by atoms with Crippen LogP contribution in [-0.2, 0) is 6.42 Å². The summed E-state index contributed by atoms with van der Waals surface area (Å²) in [4.78, 5) is 0. The van der Waals surface area contributed by atoms with Gasteiger partial charge in [0.2, 0.25) is 0 Å². The minimum atomic E-state index is 0.182. The van der Waals surface area contributed by atoms with Gasteiger partial charge in [0, 0.05) is 11.6 Å². The maximum atomic E-state index is 5.99. The maximum absolute atomic E-state index is 5.99. The molecule has 0 aliphatic carbocycles. The molecule has 2 heterocycles. The van der Waals surface area contributed by atoms with E-state index < -0.39 is 0 Å². The van der Waals surface area contributed by atoms with E-state index in [9.17, 15) is 0 Å². The molecule has 1 atom stereocenters. The molecule has 0 saturated carbocycles. The zero-order valence-electron chi connectivity index (χ0n) is 11.6. The molecule has 2 aromatic carbocycles. The van der Waals surface area contributed by atoms with Gasteiger partial charge in [-0.2, -0.15) is 0 Å². The molecule has 1 N–H and O–H groups in total. The monoisotopic (exact) mass is 301 g/mol. The molecular weight excluding hydrogens is 286 g/mol. The van der Waals surface area contributed by atoms with Crippen molar-refractivity contribution in [1.82, 2.24) is 5.32 Å². The Morgan fingerprint density at radius 2 is 1.71 bits per heavy atom. The molecule has 2 aliphatic heterocycles. The van der Waals surface area contributed by atoms with E-state index in [4.69, 9.17) is 21.1 Å². The van der Waals surface area contributed by atoms with Gasteiger partial charge in [-0.15, -0.1) is 0 Å². The lowest BCUT2D eigenvalue weighted by Gasteiger charge is -2.30. The van der Waals surface area contributed by atoms with E-state index in [1.807, 2.05) is 12.1 Å². The second kappa shape index (κ2) is 5.24. The molecular formula is C17H16ClNO2. The first kappa shape index (κ1) is 13.0. The van der Waals surface area contributed by atoms with Crippen LogP contribution in [0.25, 0.3) is 0 Å². The Bertz CT molecular complexity index is 669. The van der Waals surface area contributed by atoms with Crippen LogP contribution in [0, 0.1) is 0 Å². The fourth-order valence-electron chi connectivity index (χ4n) is 3.05. The van der Waals surface area contributed by atoms with Crippen LogP contribution in [0.3, 0.4) is 0 Å². The lowest BCUT2D eigenvalue weighted by atomic mass is 9.89. The summed E-state index contributed by atoms with van der Waals surface area (Å²) in [6.45, 7) is 2.20. The first-order valence-corrected chi connectivity index (χ1v) is 7.60. The van der Waals surface area contributed by atoms with Crippen LogP contribution in [0.15, 0.2) is 36.4 Å². The van der Waals surface area contributed by atoms with E-state index in [1.54, 1.807) is 0 Å². The molecule has 0 amide bonds. The molecule has 3 nitrogen and oxygen atoms in total. The topological polar surface area (TPSA) is 30.5 Å². The van der Waals surface area contributed by atoms with Crippen LogP contribution < -0.4 is 14.8 Å². The highest BCUT2D eigenvalue weighted by Gasteiger charge is 2.25. The number of benzene rings is 2. The van der Waals surface area contributed by atoms with E-state index >= 15 is 0 Å². The lowest BCUT2D eigenvalue weighted by molar-refractivity contribution is 0.171. The normalized spacial score (nSPS) is 20.0. The maximum Gasteiger partial charge on any atom is 0.161 e. The Morgan fingerprint density at radius 1 is 1.00 bits per heavy atom. The van der Waals surface area contributed by atoms with Gasteiger partial charge < -0.3 is 14.8 Å². The van der Waals surface area contributed by atoms with Gasteiger partial charge in [-0.3, -0.25) is 0 Å². The third kappa shape index (κ3) is 2.37. The summed E-state index contributed by atoms with van der Waals surface area (Å²) in [6.07, 6.45) is 1.01. The average Bonchev–Trinajstić information content (AvgIpc) is 2.53. The van der Waals surface area contributed by atoms with Crippen molar-refractivity contribution in [2.75, 3.05) is 19.8 Å². The predicted molar refractivity (Wildman–Crippen MR) is 82.4 cm³/mol. The van der Waals surface area contributed by atoms with Crippen LogP contribution in [-0.4, -0.2) is 19.8 Å². The molecule has 4 heteroatoms. The Morgan fingerprint density at radius 3 is 2.48 bits per heavy atom. The van der Waals surface area contributed by atoms with Crippen molar-refractivity contribution in [2.24, 2.45) is 0 Å². The number of fused-ring (bicyclic) bond motifs is 2. The number of rotatable bonds is 1. The van der Waals surface area contributed by atoms with Crippen molar-refractivity contribution < 1.29 is 9.47 Å². The zero-order valence-corrected chi connectivity index (χ0v) is 12.3. The summed E-state index contributed by atoms with van der Waals surface area (Å²) in [5, 5.41) is 4.34.